The summed E-state index contributed by atoms with van der Waals surface area (Å²) >= 11 is 12.6. The molecule has 1 atom stereocenters. The van der Waals surface area contributed by atoms with Crippen LogP contribution in [-0.4, -0.2) is 34.2 Å². The van der Waals surface area contributed by atoms with Crippen molar-refractivity contribution in [1.29, 1.82) is 0 Å². The van der Waals surface area contributed by atoms with Crippen LogP contribution in [0, 0.1) is 0 Å². The fourth-order valence-corrected chi connectivity index (χ4v) is 3.09. The summed E-state index contributed by atoms with van der Waals surface area (Å²) in [5, 5.41) is 9.77. The van der Waals surface area contributed by atoms with Gasteiger partial charge in [-0.25, -0.2) is 0 Å². The Morgan fingerprint density at radius 3 is 2.38 bits per heavy atom. The second-order valence-electron chi connectivity index (χ2n) is 5.57. The van der Waals surface area contributed by atoms with Crippen LogP contribution in [0.1, 0.15) is 44.3 Å². The lowest BCUT2D eigenvalue weighted by Gasteiger charge is -2.32. The maximum Gasteiger partial charge on any atom is 0.270 e. The molecule has 0 amide bonds. The maximum absolute atomic E-state index is 9.77. The molecule has 0 aliphatic carbocycles. The molecule has 0 spiro atoms. The molecule has 0 radical (unpaired) electrons. The number of ether oxygens (including phenoxy) is 1. The summed E-state index contributed by atoms with van der Waals surface area (Å²) in [5.74, 6) is 0.615. The molecule has 118 valence electrons. The van der Waals surface area contributed by atoms with Gasteiger partial charge in [0.15, 0.2) is 0 Å². The molecular weight excluding hydrogens is 309 g/mol. The van der Waals surface area contributed by atoms with Crippen molar-refractivity contribution in [2.75, 3.05) is 19.6 Å². The second kappa shape index (κ2) is 7.68. The van der Waals surface area contributed by atoms with E-state index in [0.29, 0.717) is 18.7 Å². The molecule has 2 rings (SSSR count). The Morgan fingerprint density at radius 1 is 1.19 bits per heavy atom. The minimum atomic E-state index is -1.25. The Morgan fingerprint density at radius 2 is 1.81 bits per heavy atom. The van der Waals surface area contributed by atoms with Crippen LogP contribution >= 0.6 is 23.2 Å². The van der Waals surface area contributed by atoms with Crippen molar-refractivity contribution < 1.29 is 9.84 Å². The zero-order valence-corrected chi connectivity index (χ0v) is 13.9. The Bertz CT molecular complexity index is 430. The van der Waals surface area contributed by atoms with Crippen LogP contribution in [0.25, 0.3) is 0 Å². The van der Waals surface area contributed by atoms with Crippen LogP contribution in [0.3, 0.4) is 0 Å². The summed E-state index contributed by atoms with van der Waals surface area (Å²) < 4.78 is 4.43. The summed E-state index contributed by atoms with van der Waals surface area (Å²) in [4.78, 5) is 2.23. The Kier molecular flexibility index (Phi) is 6.18. The van der Waals surface area contributed by atoms with Crippen molar-refractivity contribution in [3.8, 4) is 5.75 Å². The molecule has 1 saturated heterocycles. The zero-order chi connectivity index (χ0) is 15.3. The van der Waals surface area contributed by atoms with Gasteiger partial charge in [-0.2, -0.15) is 0 Å². The quantitative estimate of drug-likeness (QED) is 0.795. The van der Waals surface area contributed by atoms with E-state index in [-0.39, 0.29) is 0 Å². The summed E-state index contributed by atoms with van der Waals surface area (Å²) in [6, 6.07) is 7.27. The molecule has 3 nitrogen and oxygen atoms in total. The van der Waals surface area contributed by atoms with Gasteiger partial charge in [0.25, 0.3) is 4.52 Å². The first kappa shape index (κ1) is 16.9. The van der Waals surface area contributed by atoms with Crippen LogP contribution in [-0.2, 0) is 0 Å². The number of piperidine rings is 1. The number of alkyl halides is 2. The third kappa shape index (κ3) is 5.33. The van der Waals surface area contributed by atoms with Gasteiger partial charge in [-0.3, -0.25) is 4.90 Å². The normalized spacial score (nSPS) is 18.5. The number of rotatable bonds is 6. The molecule has 1 aromatic rings. The van der Waals surface area contributed by atoms with Crippen molar-refractivity contribution in [3.05, 3.63) is 29.8 Å². The largest absolute Gasteiger partial charge is 0.457 e. The van der Waals surface area contributed by atoms with Gasteiger partial charge in [0, 0.05) is 0 Å². The monoisotopic (exact) mass is 331 g/mol. The molecular formula is C16H23Cl2NO2. The number of likely N-dealkylation sites (tertiary alicyclic amines) is 1. The van der Waals surface area contributed by atoms with Gasteiger partial charge in [-0.05, 0) is 50.0 Å². The molecule has 1 aliphatic heterocycles. The first-order valence-corrected chi connectivity index (χ1v) is 8.33. The molecule has 1 heterocycles. The maximum atomic E-state index is 9.77. The van der Waals surface area contributed by atoms with Crippen LogP contribution in [0.2, 0.25) is 0 Å². The number of aliphatic hydroxyl groups is 1. The van der Waals surface area contributed by atoms with E-state index >= 15 is 0 Å². The van der Waals surface area contributed by atoms with E-state index in [1.165, 1.54) is 19.3 Å². The summed E-state index contributed by atoms with van der Waals surface area (Å²) in [7, 11) is 0. The van der Waals surface area contributed by atoms with Gasteiger partial charge in [0.1, 0.15) is 5.75 Å². The second-order valence-corrected chi connectivity index (χ2v) is 6.98. The third-order valence-corrected chi connectivity index (χ3v) is 4.17. The van der Waals surface area contributed by atoms with Crippen LogP contribution in [0.5, 0.6) is 5.75 Å². The average Bonchev–Trinajstić information content (AvgIpc) is 2.47. The smallest absolute Gasteiger partial charge is 0.270 e. The molecule has 1 unspecified atom stereocenters. The van der Waals surface area contributed by atoms with Gasteiger partial charge in [0.05, 0.1) is 12.6 Å². The molecule has 0 bridgehead atoms. The summed E-state index contributed by atoms with van der Waals surface area (Å²) in [5.41, 5.74) is 0.871. The van der Waals surface area contributed by atoms with E-state index in [9.17, 15) is 5.11 Å². The topological polar surface area (TPSA) is 32.7 Å². The van der Waals surface area contributed by atoms with Gasteiger partial charge < -0.3 is 9.84 Å². The molecule has 1 fully saturated rings. The Balaban J connectivity index is 1.92. The van der Waals surface area contributed by atoms with E-state index in [2.05, 4.69) is 4.90 Å². The number of halogens is 2. The Labute approximate surface area is 136 Å². The highest BCUT2D eigenvalue weighted by Crippen LogP contribution is 2.29. The minimum absolute atomic E-state index is 0.441. The van der Waals surface area contributed by atoms with Gasteiger partial charge in [-0.15, -0.1) is 0 Å². The molecule has 5 heteroatoms. The molecule has 0 aromatic heterocycles. The SMILES string of the molecule is CCC(O)c1ccc(OC(Cl)(Cl)CN2CCCCC2)cc1. The average molecular weight is 332 g/mol. The first-order chi connectivity index (χ1) is 10.00. The lowest BCUT2D eigenvalue weighted by atomic mass is 10.1. The number of benzene rings is 1. The zero-order valence-electron chi connectivity index (χ0n) is 12.4. The molecule has 1 aliphatic rings. The predicted octanol–water partition coefficient (Wildman–Crippen LogP) is 4.13. The molecule has 1 aromatic carbocycles. The van der Waals surface area contributed by atoms with E-state index in [4.69, 9.17) is 27.9 Å². The highest BCUT2D eigenvalue weighted by Gasteiger charge is 2.30. The highest BCUT2D eigenvalue weighted by molar-refractivity contribution is 6.47. The molecule has 0 saturated carbocycles. The fraction of sp³-hybridized carbons (Fsp3) is 0.625. The van der Waals surface area contributed by atoms with Crippen molar-refractivity contribution in [2.45, 2.75) is 43.2 Å². The minimum Gasteiger partial charge on any atom is -0.457 e. The Hall–Kier alpha value is -0.480. The van der Waals surface area contributed by atoms with Crippen molar-refractivity contribution in [2.24, 2.45) is 0 Å². The van der Waals surface area contributed by atoms with Gasteiger partial charge in [-0.1, -0.05) is 48.7 Å². The van der Waals surface area contributed by atoms with E-state index < -0.39 is 10.6 Å². The van der Waals surface area contributed by atoms with E-state index in [1.54, 1.807) is 12.1 Å². The van der Waals surface area contributed by atoms with E-state index in [0.717, 1.165) is 18.7 Å². The highest BCUT2D eigenvalue weighted by atomic mass is 35.5. The summed E-state index contributed by atoms with van der Waals surface area (Å²) in [6.45, 7) is 4.48. The third-order valence-electron chi connectivity index (χ3n) is 3.78. The van der Waals surface area contributed by atoms with E-state index in [1.807, 2.05) is 19.1 Å². The lowest BCUT2D eigenvalue weighted by molar-refractivity contribution is 0.141. The van der Waals surface area contributed by atoms with Crippen molar-refractivity contribution in [3.63, 3.8) is 0 Å². The van der Waals surface area contributed by atoms with Gasteiger partial charge in [0.2, 0.25) is 0 Å². The fourth-order valence-electron chi connectivity index (χ4n) is 2.58. The van der Waals surface area contributed by atoms with Crippen molar-refractivity contribution >= 4 is 23.2 Å². The van der Waals surface area contributed by atoms with Crippen LogP contribution in [0.4, 0.5) is 0 Å². The number of hydrogen-bond donors (Lipinski definition) is 1. The molecule has 21 heavy (non-hydrogen) atoms. The predicted molar refractivity (Wildman–Crippen MR) is 87.0 cm³/mol. The van der Waals surface area contributed by atoms with Crippen LogP contribution in [0.15, 0.2) is 24.3 Å². The standard InChI is InChI=1S/C16H23Cl2NO2/c1-2-15(20)13-6-8-14(9-7-13)21-16(17,18)12-19-10-4-3-5-11-19/h6-9,15,20H,2-5,10-12H2,1H3. The van der Waals surface area contributed by atoms with Crippen molar-refractivity contribution in [1.82, 2.24) is 4.90 Å². The first-order valence-electron chi connectivity index (χ1n) is 7.57. The molecule has 1 N–H and O–H groups in total. The van der Waals surface area contributed by atoms with Gasteiger partial charge >= 0.3 is 0 Å². The number of aliphatic hydroxyl groups excluding tert-OH is 1. The number of hydrogen-bond acceptors (Lipinski definition) is 3. The van der Waals surface area contributed by atoms with Crippen LogP contribution < -0.4 is 4.74 Å². The lowest BCUT2D eigenvalue weighted by Crippen LogP contribution is -2.41. The number of nitrogens with zero attached hydrogens (tertiary/aromatic N) is 1. The summed E-state index contributed by atoms with van der Waals surface area (Å²) in [6.07, 6.45) is 3.89.